The Kier molecular flexibility index (Phi) is 7.74. The number of Topliss-reactive ketones (excluding diaryl/α,β-unsaturated/α-hetero) is 1. The van der Waals surface area contributed by atoms with Crippen LogP contribution in [0.15, 0.2) is 84.4 Å². The number of carbonyl (C=O) groups excluding carboxylic acids is 2. The number of aliphatic hydroxyl groups is 1. The van der Waals surface area contributed by atoms with Gasteiger partial charge in [0.2, 0.25) is 0 Å². The average molecular weight is 485 g/mol. The van der Waals surface area contributed by atoms with Crippen molar-refractivity contribution in [3.63, 3.8) is 0 Å². The predicted molar refractivity (Wildman–Crippen MR) is 142 cm³/mol. The first-order valence-corrected chi connectivity index (χ1v) is 12.2. The fourth-order valence-corrected chi connectivity index (χ4v) is 4.39. The summed E-state index contributed by atoms with van der Waals surface area (Å²) >= 11 is 0. The molecule has 1 fully saturated rings. The molecule has 0 aliphatic carbocycles. The minimum Gasteiger partial charge on any atom is -0.507 e. The number of anilines is 1. The van der Waals surface area contributed by atoms with Crippen LogP contribution in [-0.2, 0) is 16.0 Å². The summed E-state index contributed by atoms with van der Waals surface area (Å²) in [5.74, 6) is -0.766. The lowest BCUT2D eigenvalue weighted by atomic mass is 9.95. The van der Waals surface area contributed by atoms with E-state index in [1.165, 1.54) is 0 Å². The molecule has 0 saturated carbocycles. The smallest absolute Gasteiger partial charge is 0.295 e. The average Bonchev–Trinajstić information content (AvgIpc) is 3.16. The lowest BCUT2D eigenvalue weighted by molar-refractivity contribution is -0.139. The molecule has 1 saturated heterocycles. The Balaban J connectivity index is 1.73. The molecular weight excluding hydrogens is 452 g/mol. The molecule has 0 bridgehead atoms. The van der Waals surface area contributed by atoms with Crippen LogP contribution in [0.4, 0.5) is 5.69 Å². The summed E-state index contributed by atoms with van der Waals surface area (Å²) in [5.41, 5.74) is 3.42. The van der Waals surface area contributed by atoms with Gasteiger partial charge in [0.05, 0.1) is 18.2 Å². The summed E-state index contributed by atoms with van der Waals surface area (Å²) in [6.07, 6.45) is 1.49. The minimum atomic E-state index is -0.680. The molecule has 6 heteroatoms. The van der Waals surface area contributed by atoms with Crippen LogP contribution in [0.2, 0.25) is 0 Å². The fourth-order valence-electron chi connectivity index (χ4n) is 4.39. The zero-order valence-corrected chi connectivity index (χ0v) is 21.0. The van der Waals surface area contributed by atoms with E-state index in [1.54, 1.807) is 29.2 Å². The molecule has 186 valence electrons. The van der Waals surface area contributed by atoms with E-state index >= 15 is 0 Å². The Morgan fingerprint density at radius 2 is 1.61 bits per heavy atom. The van der Waals surface area contributed by atoms with Crippen LogP contribution in [0.25, 0.3) is 5.76 Å². The second-order valence-corrected chi connectivity index (χ2v) is 9.09. The van der Waals surface area contributed by atoms with E-state index < -0.39 is 17.7 Å². The highest BCUT2D eigenvalue weighted by Gasteiger charge is 2.45. The van der Waals surface area contributed by atoms with Gasteiger partial charge in [0.1, 0.15) is 11.5 Å². The van der Waals surface area contributed by atoms with Crippen molar-refractivity contribution in [2.75, 3.05) is 32.1 Å². The number of ether oxygens (including phenoxy) is 1. The van der Waals surface area contributed by atoms with Gasteiger partial charge in [-0.05, 0) is 60.4 Å². The number of nitrogens with zero attached hydrogens (tertiary/aromatic N) is 2. The van der Waals surface area contributed by atoms with Gasteiger partial charge in [-0.15, -0.1) is 0 Å². The van der Waals surface area contributed by atoms with Crippen molar-refractivity contribution < 1.29 is 19.4 Å². The van der Waals surface area contributed by atoms with Gasteiger partial charge in [0.25, 0.3) is 11.7 Å². The van der Waals surface area contributed by atoms with Crippen LogP contribution in [0.1, 0.15) is 36.1 Å². The van der Waals surface area contributed by atoms with Crippen molar-refractivity contribution in [2.24, 2.45) is 0 Å². The number of rotatable bonds is 9. The van der Waals surface area contributed by atoms with Crippen molar-refractivity contribution in [3.8, 4) is 5.75 Å². The van der Waals surface area contributed by atoms with E-state index in [9.17, 15) is 14.7 Å². The maximum absolute atomic E-state index is 13.3. The van der Waals surface area contributed by atoms with Crippen LogP contribution < -0.4 is 9.64 Å². The third-order valence-corrected chi connectivity index (χ3v) is 6.35. The van der Waals surface area contributed by atoms with E-state index in [4.69, 9.17) is 4.74 Å². The molecule has 0 spiro atoms. The normalized spacial score (nSPS) is 16.9. The van der Waals surface area contributed by atoms with Gasteiger partial charge in [-0.3, -0.25) is 9.59 Å². The largest absolute Gasteiger partial charge is 0.507 e. The summed E-state index contributed by atoms with van der Waals surface area (Å²) in [6, 6.07) is 23.8. The number of carbonyl (C=O) groups is 2. The molecule has 6 nitrogen and oxygen atoms in total. The number of amides is 1. The van der Waals surface area contributed by atoms with E-state index in [-0.39, 0.29) is 11.3 Å². The van der Waals surface area contributed by atoms with Gasteiger partial charge in [-0.25, -0.2) is 0 Å². The number of hydrogen-bond acceptors (Lipinski definition) is 5. The summed E-state index contributed by atoms with van der Waals surface area (Å²) in [5, 5.41) is 11.3. The third kappa shape index (κ3) is 5.28. The molecule has 1 amide bonds. The highest BCUT2D eigenvalue weighted by Crippen LogP contribution is 2.40. The van der Waals surface area contributed by atoms with Gasteiger partial charge >= 0.3 is 0 Å². The minimum absolute atomic E-state index is 0.105. The molecule has 1 N–H and O–H groups in total. The summed E-state index contributed by atoms with van der Waals surface area (Å²) in [6.45, 7) is 2.98. The topological polar surface area (TPSA) is 70.1 Å². The zero-order chi connectivity index (χ0) is 25.7. The molecule has 1 atom stereocenters. The van der Waals surface area contributed by atoms with Gasteiger partial charge < -0.3 is 19.6 Å². The fraction of sp³-hybridized carbons (Fsp3) is 0.267. The maximum Gasteiger partial charge on any atom is 0.295 e. The maximum atomic E-state index is 13.3. The first-order chi connectivity index (χ1) is 17.4. The van der Waals surface area contributed by atoms with Gasteiger partial charge in [0, 0.05) is 31.9 Å². The molecule has 3 aromatic carbocycles. The van der Waals surface area contributed by atoms with Gasteiger partial charge in [0.15, 0.2) is 0 Å². The molecule has 0 aromatic heterocycles. The van der Waals surface area contributed by atoms with Crippen LogP contribution in [0.5, 0.6) is 5.75 Å². The Morgan fingerprint density at radius 3 is 2.22 bits per heavy atom. The molecular formula is C30H32N2O4. The van der Waals surface area contributed by atoms with Crippen molar-refractivity contribution in [1.82, 2.24) is 4.90 Å². The second kappa shape index (κ2) is 11.1. The lowest BCUT2D eigenvalue weighted by Crippen LogP contribution is -2.31. The Labute approximate surface area is 212 Å². The van der Waals surface area contributed by atoms with E-state index in [0.29, 0.717) is 30.9 Å². The quantitative estimate of drug-likeness (QED) is 0.257. The number of likely N-dealkylation sites (tertiary alicyclic amines) is 1. The Morgan fingerprint density at radius 1 is 0.944 bits per heavy atom. The molecule has 3 aromatic rings. The number of hydrogen-bond donors (Lipinski definition) is 1. The van der Waals surface area contributed by atoms with E-state index in [0.717, 1.165) is 23.2 Å². The Bertz CT molecular complexity index is 1230. The van der Waals surface area contributed by atoms with E-state index in [1.807, 2.05) is 80.5 Å². The molecule has 1 heterocycles. The van der Waals surface area contributed by atoms with Crippen molar-refractivity contribution in [1.29, 1.82) is 0 Å². The molecule has 36 heavy (non-hydrogen) atoms. The highest BCUT2D eigenvalue weighted by molar-refractivity contribution is 6.46. The van der Waals surface area contributed by atoms with E-state index in [2.05, 4.69) is 0 Å². The van der Waals surface area contributed by atoms with Crippen LogP contribution >= 0.6 is 0 Å². The number of aliphatic hydroxyl groups excluding tert-OH is 1. The summed E-state index contributed by atoms with van der Waals surface area (Å²) < 4.78 is 5.63. The van der Waals surface area contributed by atoms with Crippen LogP contribution in [-0.4, -0.2) is 48.9 Å². The second-order valence-electron chi connectivity index (χ2n) is 9.09. The molecule has 4 rings (SSSR count). The van der Waals surface area contributed by atoms with Crippen molar-refractivity contribution in [3.05, 3.63) is 101 Å². The first-order valence-electron chi connectivity index (χ1n) is 12.2. The SMILES string of the molecule is CCCOc1ccc(C(O)=C2C(=O)C(=O)N(CCc3ccccc3)C2c2ccc(N(C)C)cc2)cc1. The van der Waals surface area contributed by atoms with Crippen LogP contribution in [0, 0.1) is 0 Å². The number of ketones is 1. The monoisotopic (exact) mass is 484 g/mol. The lowest BCUT2D eigenvalue weighted by Gasteiger charge is -2.26. The zero-order valence-electron chi connectivity index (χ0n) is 21.0. The number of benzene rings is 3. The van der Waals surface area contributed by atoms with Crippen molar-refractivity contribution >= 4 is 23.1 Å². The first kappa shape index (κ1) is 25.0. The van der Waals surface area contributed by atoms with Crippen molar-refractivity contribution in [2.45, 2.75) is 25.8 Å². The Hall–Kier alpha value is -4.06. The molecule has 1 unspecified atom stereocenters. The van der Waals surface area contributed by atoms with Gasteiger partial charge in [-0.1, -0.05) is 49.4 Å². The predicted octanol–water partition coefficient (Wildman–Crippen LogP) is 5.21. The molecule has 0 radical (unpaired) electrons. The highest BCUT2D eigenvalue weighted by atomic mass is 16.5. The molecule has 1 aliphatic heterocycles. The third-order valence-electron chi connectivity index (χ3n) is 6.35. The summed E-state index contributed by atoms with van der Waals surface area (Å²) in [7, 11) is 3.91. The molecule has 1 aliphatic rings. The standard InChI is InChI=1S/C30H32N2O4/c1-4-20-36-25-16-12-23(13-17-25)28(33)26-27(22-10-14-24(15-11-22)31(2)3)32(30(35)29(26)34)19-18-21-8-6-5-7-9-21/h5-17,27,33H,4,18-20H2,1-3H3. The van der Waals surface area contributed by atoms with Crippen LogP contribution in [0.3, 0.4) is 0 Å². The van der Waals surface area contributed by atoms with Gasteiger partial charge in [-0.2, -0.15) is 0 Å². The summed E-state index contributed by atoms with van der Waals surface area (Å²) in [4.78, 5) is 30.0.